The van der Waals surface area contributed by atoms with Gasteiger partial charge in [-0.2, -0.15) is 13.2 Å². The molecule has 0 fully saturated rings. The second-order valence-corrected chi connectivity index (χ2v) is 10.8. The molecule has 2 heterocycles. The van der Waals surface area contributed by atoms with Crippen molar-refractivity contribution in [3.8, 4) is 11.5 Å². The van der Waals surface area contributed by atoms with Crippen molar-refractivity contribution in [3.63, 3.8) is 0 Å². The first kappa shape index (κ1) is 30.1. The Balaban J connectivity index is 1.53. The Morgan fingerprint density at radius 1 is 1.02 bits per heavy atom. The van der Waals surface area contributed by atoms with E-state index in [0.717, 1.165) is 27.2 Å². The molecule has 0 saturated carbocycles. The van der Waals surface area contributed by atoms with Crippen LogP contribution in [0.25, 0.3) is 6.08 Å². The number of hydrogen-bond acceptors (Lipinski definition) is 7. The Morgan fingerprint density at radius 3 is 2.28 bits per heavy atom. The number of halogens is 4. The normalized spacial score (nSPS) is 15.1. The summed E-state index contributed by atoms with van der Waals surface area (Å²) in [6.07, 6.45) is -3.43. The maximum absolute atomic E-state index is 14.2. The first-order valence-corrected chi connectivity index (χ1v) is 14.2. The van der Waals surface area contributed by atoms with Crippen molar-refractivity contribution in [2.75, 3.05) is 13.7 Å². The molecule has 0 unspecified atom stereocenters. The van der Waals surface area contributed by atoms with E-state index in [9.17, 15) is 22.8 Å². The number of fused-ring (bicyclic) bond motifs is 1. The molecule has 0 radical (unpaired) electrons. The summed E-state index contributed by atoms with van der Waals surface area (Å²) >= 11 is 6.81. The molecule has 1 aromatic heterocycles. The van der Waals surface area contributed by atoms with Gasteiger partial charge in [0.25, 0.3) is 5.56 Å². The standard InChI is InChI=1S/C31H24ClF3N2O5S/c1-3-41-29(39)25-26(20-8-10-21(32)11-9-20)37-28(38)24(43-30(37)36-27(25)31(33,34)35)16-18-4-14-23(15-5-18)42-17-19-6-12-22(40-2)13-7-19/h4-16,26H,3,17H2,1-2H3/b24-16-/t26-/m1/s1. The lowest BCUT2D eigenvalue weighted by atomic mass is 9.95. The summed E-state index contributed by atoms with van der Waals surface area (Å²) in [7, 11) is 1.59. The maximum Gasteiger partial charge on any atom is 0.434 e. The zero-order chi connectivity index (χ0) is 30.7. The number of ether oxygens (including phenoxy) is 3. The van der Waals surface area contributed by atoms with Gasteiger partial charge in [-0.15, -0.1) is 0 Å². The van der Waals surface area contributed by atoms with Gasteiger partial charge >= 0.3 is 12.1 Å². The van der Waals surface area contributed by atoms with Crippen LogP contribution in [-0.4, -0.2) is 30.4 Å². The average Bonchev–Trinajstić information content (AvgIpc) is 3.30. The van der Waals surface area contributed by atoms with E-state index in [-0.39, 0.29) is 21.5 Å². The second kappa shape index (κ2) is 12.5. The fraction of sp³-hybridized carbons (Fsp3) is 0.194. The van der Waals surface area contributed by atoms with Crippen molar-refractivity contribution >= 4 is 35.0 Å². The summed E-state index contributed by atoms with van der Waals surface area (Å²) in [5, 5.41) is 0.338. The van der Waals surface area contributed by atoms with E-state index in [2.05, 4.69) is 4.99 Å². The zero-order valence-corrected chi connectivity index (χ0v) is 24.4. The lowest BCUT2D eigenvalue weighted by molar-refractivity contribution is -0.140. The highest BCUT2D eigenvalue weighted by Gasteiger charge is 2.45. The smallest absolute Gasteiger partial charge is 0.434 e. The van der Waals surface area contributed by atoms with Gasteiger partial charge in [0.15, 0.2) is 10.5 Å². The molecule has 0 N–H and O–H groups in total. The summed E-state index contributed by atoms with van der Waals surface area (Å²) in [5.74, 6) is 0.119. The van der Waals surface area contributed by atoms with Crippen molar-refractivity contribution in [3.05, 3.63) is 125 Å². The molecule has 0 saturated heterocycles. The van der Waals surface area contributed by atoms with Crippen LogP contribution >= 0.6 is 22.9 Å². The van der Waals surface area contributed by atoms with Crippen LogP contribution in [-0.2, 0) is 16.1 Å². The van der Waals surface area contributed by atoms with Gasteiger partial charge in [0.1, 0.15) is 18.1 Å². The van der Waals surface area contributed by atoms with E-state index in [1.807, 2.05) is 24.3 Å². The molecule has 0 spiro atoms. The first-order chi connectivity index (χ1) is 20.6. The van der Waals surface area contributed by atoms with E-state index >= 15 is 0 Å². The minimum atomic E-state index is -4.98. The van der Waals surface area contributed by atoms with Crippen LogP contribution < -0.4 is 24.4 Å². The summed E-state index contributed by atoms with van der Waals surface area (Å²) in [6, 6.07) is 18.8. The second-order valence-electron chi connectivity index (χ2n) is 9.32. The van der Waals surface area contributed by atoms with E-state index < -0.39 is 35.0 Å². The average molecular weight is 629 g/mol. The molecule has 222 valence electrons. The third kappa shape index (κ3) is 6.52. The van der Waals surface area contributed by atoms with Crippen LogP contribution in [0.15, 0.2) is 93.9 Å². The molecule has 0 aliphatic carbocycles. The molecule has 43 heavy (non-hydrogen) atoms. The Kier molecular flexibility index (Phi) is 8.74. The molecular weight excluding hydrogens is 605 g/mol. The third-order valence-corrected chi connectivity index (χ3v) is 7.76. The first-order valence-electron chi connectivity index (χ1n) is 13.0. The minimum Gasteiger partial charge on any atom is -0.497 e. The Labute approximate surface area is 252 Å². The Bertz CT molecular complexity index is 1850. The highest BCUT2D eigenvalue weighted by Crippen LogP contribution is 2.38. The number of aromatic nitrogens is 1. The quantitative estimate of drug-likeness (QED) is 0.238. The summed E-state index contributed by atoms with van der Waals surface area (Å²) in [4.78, 5) is 30.2. The highest BCUT2D eigenvalue weighted by molar-refractivity contribution is 7.07. The third-order valence-electron chi connectivity index (χ3n) is 6.52. The van der Waals surface area contributed by atoms with Gasteiger partial charge < -0.3 is 14.2 Å². The SMILES string of the molecule is CCOC(=O)C1=C(C(F)(F)F)N=c2s/c(=C\c3ccc(OCc4ccc(OC)cc4)cc3)c(=O)n2[C@@H]1c1ccc(Cl)cc1. The summed E-state index contributed by atoms with van der Waals surface area (Å²) in [5.41, 5.74) is -0.972. The number of esters is 1. The number of hydrogen-bond donors (Lipinski definition) is 0. The minimum absolute atomic E-state index is 0.135. The fourth-order valence-corrected chi connectivity index (χ4v) is 5.63. The predicted molar refractivity (Wildman–Crippen MR) is 156 cm³/mol. The van der Waals surface area contributed by atoms with Gasteiger partial charge in [0.2, 0.25) is 0 Å². The number of allylic oxidation sites excluding steroid dienone is 1. The number of rotatable bonds is 8. The van der Waals surface area contributed by atoms with Crippen LogP contribution in [0.5, 0.6) is 11.5 Å². The topological polar surface area (TPSA) is 79.1 Å². The van der Waals surface area contributed by atoms with Crippen molar-refractivity contribution < 1.29 is 32.2 Å². The van der Waals surface area contributed by atoms with Crippen LogP contribution in [0.4, 0.5) is 13.2 Å². The van der Waals surface area contributed by atoms with Gasteiger partial charge in [-0.1, -0.05) is 59.3 Å². The number of benzene rings is 3. The van der Waals surface area contributed by atoms with Gasteiger partial charge in [-0.05, 0) is 66.1 Å². The molecule has 5 rings (SSSR count). The van der Waals surface area contributed by atoms with E-state index in [1.165, 1.54) is 31.2 Å². The number of carbonyl (C=O) groups excluding carboxylic acids is 1. The molecule has 1 aliphatic heterocycles. The largest absolute Gasteiger partial charge is 0.497 e. The summed E-state index contributed by atoms with van der Waals surface area (Å²) in [6.45, 7) is 1.65. The van der Waals surface area contributed by atoms with Crippen molar-refractivity contribution in [2.24, 2.45) is 4.99 Å². The number of methoxy groups -OCH3 is 1. The lowest BCUT2D eigenvalue weighted by Crippen LogP contribution is -2.41. The van der Waals surface area contributed by atoms with Crippen molar-refractivity contribution in [1.29, 1.82) is 0 Å². The number of alkyl halides is 3. The maximum atomic E-state index is 14.2. The van der Waals surface area contributed by atoms with Crippen LogP contribution in [0.3, 0.4) is 0 Å². The summed E-state index contributed by atoms with van der Waals surface area (Å²) < 4.78 is 59.9. The van der Waals surface area contributed by atoms with Gasteiger partial charge in [0, 0.05) is 5.02 Å². The number of carbonyl (C=O) groups is 1. The Hall–Kier alpha value is -4.35. The molecule has 1 aliphatic rings. The molecule has 4 aromatic rings. The molecule has 0 amide bonds. The van der Waals surface area contributed by atoms with Crippen LogP contribution in [0.1, 0.15) is 29.7 Å². The fourth-order valence-electron chi connectivity index (χ4n) is 4.50. The molecular formula is C31H24ClF3N2O5S. The Morgan fingerprint density at radius 2 is 1.67 bits per heavy atom. The molecule has 0 bridgehead atoms. The van der Waals surface area contributed by atoms with Gasteiger partial charge in [-0.25, -0.2) is 9.79 Å². The predicted octanol–water partition coefficient (Wildman–Crippen LogP) is 5.58. The molecule has 3 aromatic carbocycles. The zero-order valence-electron chi connectivity index (χ0n) is 22.9. The number of nitrogens with zero attached hydrogens (tertiary/aromatic N) is 2. The van der Waals surface area contributed by atoms with Crippen molar-refractivity contribution in [2.45, 2.75) is 25.7 Å². The van der Waals surface area contributed by atoms with Crippen molar-refractivity contribution in [1.82, 2.24) is 4.57 Å². The highest BCUT2D eigenvalue weighted by atomic mass is 35.5. The van der Waals surface area contributed by atoms with E-state index in [4.69, 9.17) is 25.8 Å². The van der Waals surface area contributed by atoms with Gasteiger partial charge in [0.05, 0.1) is 29.9 Å². The molecule has 7 nitrogen and oxygen atoms in total. The lowest BCUT2D eigenvalue weighted by Gasteiger charge is -2.26. The van der Waals surface area contributed by atoms with Gasteiger partial charge in [-0.3, -0.25) is 9.36 Å². The number of thiazole rings is 1. The molecule has 12 heteroatoms. The van der Waals surface area contributed by atoms with E-state index in [0.29, 0.717) is 22.9 Å². The molecule has 1 atom stereocenters. The van der Waals surface area contributed by atoms with Crippen LogP contribution in [0.2, 0.25) is 5.02 Å². The van der Waals surface area contributed by atoms with E-state index in [1.54, 1.807) is 37.5 Å². The van der Waals surface area contributed by atoms with Crippen LogP contribution in [0, 0.1) is 0 Å². The monoisotopic (exact) mass is 628 g/mol.